The fraction of sp³-hybridized carbons (Fsp3) is 0.433. The van der Waals surface area contributed by atoms with Gasteiger partial charge in [0.25, 0.3) is 0 Å². The summed E-state index contributed by atoms with van der Waals surface area (Å²) in [7, 11) is 1.60. The first-order valence-corrected chi connectivity index (χ1v) is 13.4. The molecule has 2 aromatic rings. The zero-order chi connectivity index (χ0) is 28.2. The molecule has 5 atom stereocenters. The quantitative estimate of drug-likeness (QED) is 0.512. The van der Waals surface area contributed by atoms with Gasteiger partial charge in [0.15, 0.2) is 0 Å². The van der Waals surface area contributed by atoms with Crippen LogP contribution in [0.3, 0.4) is 0 Å². The minimum atomic E-state index is -1.25. The van der Waals surface area contributed by atoms with Crippen LogP contribution in [0.5, 0.6) is 5.75 Å². The summed E-state index contributed by atoms with van der Waals surface area (Å²) in [4.78, 5) is 43.2. The minimum Gasteiger partial charge on any atom is -0.497 e. The average Bonchev–Trinajstić information content (AvgIpc) is 3.44. The molecule has 0 unspecified atom stereocenters. The summed E-state index contributed by atoms with van der Waals surface area (Å²) in [6.45, 7) is 7.95. The predicted octanol–water partition coefficient (Wildman–Crippen LogP) is 3.62. The number of nitrogens with one attached hydrogen (secondary N) is 2. The van der Waals surface area contributed by atoms with Gasteiger partial charge in [0, 0.05) is 23.7 Å². The summed E-state index contributed by atoms with van der Waals surface area (Å²) in [6, 6.07) is 13.6. The molecule has 39 heavy (non-hydrogen) atoms. The highest BCUT2D eigenvalue weighted by Gasteiger charge is 2.76. The van der Waals surface area contributed by atoms with E-state index in [1.807, 2.05) is 76.2 Å². The first-order chi connectivity index (χ1) is 18.4. The zero-order valence-corrected chi connectivity index (χ0v) is 23.5. The van der Waals surface area contributed by atoms with E-state index in [-0.39, 0.29) is 30.8 Å². The van der Waals surface area contributed by atoms with E-state index in [4.69, 9.17) is 21.1 Å². The molecule has 0 aliphatic carbocycles. The number of ether oxygens (including phenoxy) is 2. The zero-order valence-electron chi connectivity index (χ0n) is 22.8. The first-order valence-electron chi connectivity index (χ1n) is 13.0. The van der Waals surface area contributed by atoms with Gasteiger partial charge in [-0.05, 0) is 63.1 Å². The van der Waals surface area contributed by atoms with Crippen molar-refractivity contribution >= 4 is 29.3 Å². The number of methoxy groups -OCH3 is 1. The van der Waals surface area contributed by atoms with Gasteiger partial charge in [-0.1, -0.05) is 48.0 Å². The van der Waals surface area contributed by atoms with E-state index in [2.05, 4.69) is 10.6 Å². The van der Waals surface area contributed by atoms with Gasteiger partial charge in [-0.25, -0.2) is 0 Å². The lowest BCUT2D eigenvalue weighted by atomic mass is 9.70. The van der Waals surface area contributed by atoms with Crippen molar-refractivity contribution in [2.75, 3.05) is 7.11 Å². The van der Waals surface area contributed by atoms with Crippen molar-refractivity contribution in [3.8, 4) is 5.75 Å². The molecule has 2 N–H and O–H groups in total. The molecular formula is C30H34ClN3O5. The number of benzene rings is 2. The molecule has 3 aliphatic rings. The molecule has 5 rings (SSSR count). The second-order valence-corrected chi connectivity index (χ2v) is 12.2. The SMILES string of the molecule is COc1ccc(CNC(=O)[C@H]2[C@H]3C(=O)N(Cc4ccc(Cl)cc4)[C@H](C(=O)NC(C)(C)C)[C@@]34C=C[C@@]2(C)O4)cc1. The Hall–Kier alpha value is -3.36. The summed E-state index contributed by atoms with van der Waals surface area (Å²) < 4.78 is 11.8. The van der Waals surface area contributed by atoms with Crippen molar-refractivity contribution in [1.82, 2.24) is 15.5 Å². The van der Waals surface area contributed by atoms with Gasteiger partial charge in [0.2, 0.25) is 17.7 Å². The number of carbonyl (C=O) groups excluding carboxylic acids is 3. The topological polar surface area (TPSA) is 97.0 Å². The van der Waals surface area contributed by atoms with E-state index in [1.165, 1.54) is 0 Å². The number of amides is 3. The van der Waals surface area contributed by atoms with E-state index in [0.717, 1.165) is 16.9 Å². The Bertz CT molecular complexity index is 1320. The van der Waals surface area contributed by atoms with Gasteiger partial charge in [-0.15, -0.1) is 0 Å². The molecule has 0 saturated carbocycles. The van der Waals surface area contributed by atoms with Crippen LogP contribution >= 0.6 is 11.6 Å². The van der Waals surface area contributed by atoms with Gasteiger partial charge in [0.1, 0.15) is 17.4 Å². The molecule has 0 aromatic heterocycles. The number of fused-ring (bicyclic) bond motifs is 1. The second kappa shape index (κ2) is 9.68. The molecule has 1 spiro atoms. The number of hydrogen-bond acceptors (Lipinski definition) is 5. The molecule has 3 aliphatic heterocycles. The van der Waals surface area contributed by atoms with E-state index < -0.39 is 34.6 Å². The summed E-state index contributed by atoms with van der Waals surface area (Å²) in [6.07, 6.45) is 3.65. The number of hydrogen-bond donors (Lipinski definition) is 2. The highest BCUT2D eigenvalue weighted by atomic mass is 35.5. The monoisotopic (exact) mass is 551 g/mol. The molecule has 9 heteroatoms. The number of nitrogens with zero attached hydrogens (tertiary/aromatic N) is 1. The lowest BCUT2D eigenvalue weighted by Crippen LogP contribution is -2.57. The fourth-order valence-corrected chi connectivity index (χ4v) is 6.19. The Morgan fingerprint density at radius 3 is 2.28 bits per heavy atom. The number of rotatable bonds is 7. The van der Waals surface area contributed by atoms with Gasteiger partial charge in [0.05, 0.1) is 24.5 Å². The third kappa shape index (κ3) is 4.80. The normalized spacial score (nSPS) is 28.9. The van der Waals surface area contributed by atoms with Crippen LogP contribution in [0.2, 0.25) is 5.02 Å². The highest BCUT2D eigenvalue weighted by molar-refractivity contribution is 6.30. The summed E-state index contributed by atoms with van der Waals surface area (Å²) in [5.74, 6) is -1.80. The summed E-state index contributed by atoms with van der Waals surface area (Å²) in [5.41, 5.74) is -1.08. The van der Waals surface area contributed by atoms with Gasteiger partial charge < -0.3 is 25.0 Å². The van der Waals surface area contributed by atoms with Crippen molar-refractivity contribution in [2.24, 2.45) is 11.8 Å². The molecule has 3 heterocycles. The maximum Gasteiger partial charge on any atom is 0.246 e. The Morgan fingerprint density at radius 1 is 1.03 bits per heavy atom. The Labute approximate surface area is 233 Å². The Kier molecular flexibility index (Phi) is 6.75. The third-order valence-corrected chi connectivity index (χ3v) is 7.97. The fourth-order valence-electron chi connectivity index (χ4n) is 6.07. The maximum atomic E-state index is 14.1. The van der Waals surface area contributed by atoms with Crippen LogP contribution in [0.25, 0.3) is 0 Å². The predicted molar refractivity (Wildman–Crippen MR) is 147 cm³/mol. The largest absolute Gasteiger partial charge is 0.497 e. The molecular weight excluding hydrogens is 518 g/mol. The lowest BCUT2D eigenvalue weighted by molar-refractivity contribution is -0.146. The molecule has 3 amide bonds. The van der Waals surface area contributed by atoms with E-state index >= 15 is 0 Å². The molecule has 2 saturated heterocycles. The first kappa shape index (κ1) is 27.2. The van der Waals surface area contributed by atoms with Crippen LogP contribution in [0.15, 0.2) is 60.7 Å². The van der Waals surface area contributed by atoms with Gasteiger partial charge >= 0.3 is 0 Å². The Balaban J connectivity index is 1.46. The Morgan fingerprint density at radius 2 is 1.67 bits per heavy atom. The molecule has 8 nitrogen and oxygen atoms in total. The molecule has 2 bridgehead atoms. The van der Waals surface area contributed by atoms with Crippen molar-refractivity contribution < 1.29 is 23.9 Å². The number of likely N-dealkylation sites (tertiary alicyclic amines) is 1. The second-order valence-electron chi connectivity index (χ2n) is 11.7. The smallest absolute Gasteiger partial charge is 0.246 e. The maximum absolute atomic E-state index is 14.1. The lowest BCUT2D eigenvalue weighted by Gasteiger charge is -2.35. The van der Waals surface area contributed by atoms with Gasteiger partial charge in [-0.2, -0.15) is 0 Å². The van der Waals surface area contributed by atoms with E-state index in [0.29, 0.717) is 5.02 Å². The van der Waals surface area contributed by atoms with Crippen molar-refractivity contribution in [2.45, 2.75) is 63.6 Å². The van der Waals surface area contributed by atoms with Crippen LogP contribution in [-0.4, -0.2) is 52.5 Å². The summed E-state index contributed by atoms with van der Waals surface area (Å²) in [5, 5.41) is 6.60. The minimum absolute atomic E-state index is 0.185. The van der Waals surface area contributed by atoms with Crippen LogP contribution in [0.4, 0.5) is 0 Å². The number of carbonyl (C=O) groups is 3. The van der Waals surface area contributed by atoms with Crippen LogP contribution in [0, 0.1) is 11.8 Å². The molecule has 206 valence electrons. The van der Waals surface area contributed by atoms with Crippen molar-refractivity contribution in [1.29, 1.82) is 0 Å². The number of halogens is 1. The van der Waals surface area contributed by atoms with Crippen LogP contribution in [-0.2, 0) is 32.2 Å². The highest BCUT2D eigenvalue weighted by Crippen LogP contribution is 2.59. The average molecular weight is 552 g/mol. The summed E-state index contributed by atoms with van der Waals surface area (Å²) >= 11 is 6.07. The molecule has 0 radical (unpaired) electrons. The van der Waals surface area contributed by atoms with E-state index in [9.17, 15) is 14.4 Å². The standard InChI is InChI=1S/C30H34ClN3O5/c1-28(2,3)33-26(36)24-30-15-14-29(4,39-30)22(25(35)32-16-18-8-12-21(38-5)13-9-18)23(30)27(37)34(24)17-19-6-10-20(31)11-7-19/h6-15,22-24H,16-17H2,1-5H3,(H,32,35)(H,33,36)/t22-,23+,24-,29-,30-/m1/s1. The van der Waals surface area contributed by atoms with Crippen LogP contribution < -0.4 is 15.4 Å². The molecule has 2 fully saturated rings. The van der Waals surface area contributed by atoms with E-state index in [1.54, 1.807) is 24.1 Å². The van der Waals surface area contributed by atoms with Crippen molar-refractivity contribution in [3.63, 3.8) is 0 Å². The van der Waals surface area contributed by atoms with Crippen molar-refractivity contribution in [3.05, 3.63) is 76.8 Å². The van der Waals surface area contributed by atoms with Crippen LogP contribution in [0.1, 0.15) is 38.8 Å². The van der Waals surface area contributed by atoms with Gasteiger partial charge in [-0.3, -0.25) is 14.4 Å². The third-order valence-electron chi connectivity index (χ3n) is 7.72. The molecule has 2 aromatic carbocycles.